The zero-order valence-electron chi connectivity index (χ0n) is 20.8. The zero-order chi connectivity index (χ0) is 26.5. The van der Waals surface area contributed by atoms with Crippen molar-refractivity contribution in [1.29, 1.82) is 0 Å². The molecule has 190 valence electrons. The summed E-state index contributed by atoms with van der Waals surface area (Å²) in [6, 6.07) is 29.1. The standard InChI is InChI=1S/C30H25N3O2S3/c1-19-13-15-21(16-14-19)26-20(2)37-30(32-26)33-29(35)27(22-8-4-3-5-9-22)38-24-11-6-10-23(18-24)31-28(34)25-12-7-17-36-25/h3-18,27H,1-2H3,(H,31,34)(H,32,33,35). The first kappa shape index (κ1) is 25.9. The highest BCUT2D eigenvalue weighted by molar-refractivity contribution is 8.00. The van der Waals surface area contributed by atoms with Gasteiger partial charge in [-0.1, -0.05) is 72.3 Å². The summed E-state index contributed by atoms with van der Waals surface area (Å²) in [4.78, 5) is 33.4. The van der Waals surface area contributed by atoms with Gasteiger partial charge < -0.3 is 10.6 Å². The van der Waals surface area contributed by atoms with Crippen molar-refractivity contribution in [3.05, 3.63) is 117 Å². The molecule has 0 saturated heterocycles. The number of aromatic nitrogens is 1. The highest BCUT2D eigenvalue weighted by Crippen LogP contribution is 2.38. The van der Waals surface area contributed by atoms with Crippen molar-refractivity contribution in [3.63, 3.8) is 0 Å². The van der Waals surface area contributed by atoms with Gasteiger partial charge in [0.1, 0.15) is 5.25 Å². The third kappa shape index (κ3) is 6.22. The van der Waals surface area contributed by atoms with Crippen LogP contribution in [0.5, 0.6) is 0 Å². The smallest absolute Gasteiger partial charge is 0.265 e. The van der Waals surface area contributed by atoms with Crippen molar-refractivity contribution in [3.8, 4) is 11.3 Å². The van der Waals surface area contributed by atoms with E-state index < -0.39 is 5.25 Å². The summed E-state index contributed by atoms with van der Waals surface area (Å²) in [5.74, 6) is -0.304. The minimum atomic E-state index is -0.508. The normalized spacial score (nSPS) is 11.6. The van der Waals surface area contributed by atoms with E-state index in [0.29, 0.717) is 15.7 Å². The van der Waals surface area contributed by atoms with Gasteiger partial charge in [0.2, 0.25) is 5.91 Å². The number of rotatable bonds is 8. The third-order valence-electron chi connectivity index (χ3n) is 5.78. The van der Waals surface area contributed by atoms with Crippen LogP contribution in [0, 0.1) is 13.8 Å². The molecular formula is C30H25N3O2S3. The molecule has 2 aromatic heterocycles. The lowest BCUT2D eigenvalue weighted by molar-refractivity contribution is -0.115. The summed E-state index contributed by atoms with van der Waals surface area (Å²) >= 11 is 4.30. The fourth-order valence-corrected chi connectivity index (χ4v) is 6.43. The minimum Gasteiger partial charge on any atom is -0.321 e. The summed E-state index contributed by atoms with van der Waals surface area (Å²) in [6.45, 7) is 4.07. The van der Waals surface area contributed by atoms with Crippen LogP contribution in [-0.2, 0) is 4.79 Å². The van der Waals surface area contributed by atoms with Gasteiger partial charge in [0.15, 0.2) is 5.13 Å². The van der Waals surface area contributed by atoms with Gasteiger partial charge in [-0.05, 0) is 49.1 Å². The number of anilines is 2. The number of amides is 2. The van der Waals surface area contributed by atoms with Crippen LogP contribution in [0.4, 0.5) is 10.8 Å². The molecular weight excluding hydrogens is 531 g/mol. The number of thiophene rings is 1. The quantitative estimate of drug-likeness (QED) is 0.189. The van der Waals surface area contributed by atoms with E-state index in [-0.39, 0.29) is 11.8 Å². The van der Waals surface area contributed by atoms with Crippen molar-refractivity contribution in [1.82, 2.24) is 4.98 Å². The van der Waals surface area contributed by atoms with Gasteiger partial charge in [0.25, 0.3) is 5.91 Å². The molecule has 38 heavy (non-hydrogen) atoms. The number of nitrogens with zero attached hydrogens (tertiary/aromatic N) is 1. The molecule has 0 aliphatic carbocycles. The van der Waals surface area contributed by atoms with Crippen LogP contribution in [-0.4, -0.2) is 16.8 Å². The van der Waals surface area contributed by atoms with Crippen LogP contribution < -0.4 is 10.6 Å². The molecule has 2 amide bonds. The van der Waals surface area contributed by atoms with Gasteiger partial charge in [-0.2, -0.15) is 0 Å². The lowest BCUT2D eigenvalue weighted by atomic mass is 10.1. The predicted octanol–water partition coefficient (Wildman–Crippen LogP) is 8.21. The number of hydrogen-bond acceptors (Lipinski definition) is 6. The molecule has 0 bridgehead atoms. The van der Waals surface area contributed by atoms with E-state index in [4.69, 9.17) is 4.98 Å². The molecule has 2 N–H and O–H groups in total. The van der Waals surface area contributed by atoms with E-state index in [9.17, 15) is 9.59 Å². The van der Waals surface area contributed by atoms with E-state index >= 15 is 0 Å². The first-order chi connectivity index (χ1) is 18.5. The lowest BCUT2D eigenvalue weighted by Gasteiger charge is -2.17. The fraction of sp³-hybridized carbons (Fsp3) is 0.100. The fourth-order valence-electron chi connectivity index (χ4n) is 3.88. The van der Waals surface area contributed by atoms with Gasteiger partial charge in [-0.25, -0.2) is 4.98 Å². The number of carbonyl (C=O) groups is 2. The molecule has 5 nitrogen and oxygen atoms in total. The summed E-state index contributed by atoms with van der Waals surface area (Å²) < 4.78 is 0. The summed E-state index contributed by atoms with van der Waals surface area (Å²) in [7, 11) is 0. The summed E-state index contributed by atoms with van der Waals surface area (Å²) in [5, 5.41) is 7.93. The molecule has 5 rings (SSSR count). The average Bonchev–Trinajstić information content (AvgIpc) is 3.59. The second-order valence-electron chi connectivity index (χ2n) is 8.65. The van der Waals surface area contributed by atoms with Crippen LogP contribution in [0.1, 0.15) is 30.9 Å². The molecule has 2 heterocycles. The minimum absolute atomic E-state index is 0.150. The van der Waals surface area contributed by atoms with Gasteiger partial charge in [0, 0.05) is 21.0 Å². The Morgan fingerprint density at radius 3 is 2.39 bits per heavy atom. The SMILES string of the molecule is Cc1ccc(-c2nc(NC(=O)C(Sc3cccc(NC(=O)c4cccs4)c3)c3ccccc3)sc2C)cc1. The van der Waals surface area contributed by atoms with E-state index in [1.807, 2.05) is 73.0 Å². The van der Waals surface area contributed by atoms with Crippen LogP contribution in [0.25, 0.3) is 11.3 Å². The summed E-state index contributed by atoms with van der Waals surface area (Å²) in [5.41, 5.74) is 4.66. The molecule has 0 fully saturated rings. The number of nitrogens with one attached hydrogen (secondary N) is 2. The topological polar surface area (TPSA) is 71.1 Å². The zero-order valence-corrected chi connectivity index (χ0v) is 23.3. The van der Waals surface area contributed by atoms with Crippen molar-refractivity contribution in [2.45, 2.75) is 24.0 Å². The van der Waals surface area contributed by atoms with E-state index in [1.165, 1.54) is 40.0 Å². The van der Waals surface area contributed by atoms with Gasteiger partial charge in [-0.3, -0.25) is 9.59 Å². The molecule has 0 aliphatic rings. The Hall–Kier alpha value is -3.72. The average molecular weight is 556 g/mol. The van der Waals surface area contributed by atoms with Crippen LogP contribution in [0.3, 0.4) is 0 Å². The second-order valence-corrected chi connectivity index (χ2v) is 12.0. The van der Waals surface area contributed by atoms with E-state index in [2.05, 4.69) is 41.8 Å². The number of thiazole rings is 1. The van der Waals surface area contributed by atoms with E-state index in [0.717, 1.165) is 26.6 Å². The van der Waals surface area contributed by atoms with Crippen LogP contribution in [0.2, 0.25) is 0 Å². The van der Waals surface area contributed by atoms with Gasteiger partial charge >= 0.3 is 0 Å². The lowest BCUT2D eigenvalue weighted by Crippen LogP contribution is -2.19. The van der Waals surface area contributed by atoms with Crippen molar-refractivity contribution < 1.29 is 9.59 Å². The first-order valence-electron chi connectivity index (χ1n) is 12.0. The van der Waals surface area contributed by atoms with Crippen LogP contribution >= 0.6 is 34.4 Å². The molecule has 1 atom stereocenters. The molecule has 1 unspecified atom stereocenters. The largest absolute Gasteiger partial charge is 0.321 e. The van der Waals surface area contributed by atoms with Crippen molar-refractivity contribution in [2.75, 3.05) is 10.6 Å². The third-order valence-corrected chi connectivity index (χ3v) is 8.79. The molecule has 5 aromatic rings. The molecule has 0 spiro atoms. The number of hydrogen-bond donors (Lipinski definition) is 2. The Labute approximate surface area is 234 Å². The van der Waals surface area contributed by atoms with E-state index in [1.54, 1.807) is 6.07 Å². The van der Waals surface area contributed by atoms with Crippen molar-refractivity contribution >= 4 is 57.1 Å². The molecule has 8 heteroatoms. The Morgan fingerprint density at radius 1 is 0.868 bits per heavy atom. The maximum atomic E-state index is 13.6. The molecule has 0 saturated carbocycles. The Kier molecular flexibility index (Phi) is 8.03. The first-order valence-corrected chi connectivity index (χ1v) is 14.6. The summed E-state index contributed by atoms with van der Waals surface area (Å²) in [6.07, 6.45) is 0. The second kappa shape index (κ2) is 11.8. The number of thioether (sulfide) groups is 1. The highest BCUT2D eigenvalue weighted by Gasteiger charge is 2.24. The van der Waals surface area contributed by atoms with Gasteiger partial charge in [-0.15, -0.1) is 34.4 Å². The predicted molar refractivity (Wildman–Crippen MR) is 159 cm³/mol. The molecule has 0 radical (unpaired) electrons. The number of carbonyl (C=O) groups excluding carboxylic acids is 2. The maximum absolute atomic E-state index is 13.6. The number of benzene rings is 3. The Bertz CT molecular complexity index is 1550. The Balaban J connectivity index is 1.36. The monoisotopic (exact) mass is 555 g/mol. The van der Waals surface area contributed by atoms with Crippen LogP contribution in [0.15, 0.2) is 101 Å². The number of aryl methyl sites for hydroxylation is 2. The van der Waals surface area contributed by atoms with Gasteiger partial charge in [0.05, 0.1) is 10.6 Å². The van der Waals surface area contributed by atoms with Crippen molar-refractivity contribution in [2.24, 2.45) is 0 Å². The molecule has 3 aromatic carbocycles. The maximum Gasteiger partial charge on any atom is 0.265 e. The highest BCUT2D eigenvalue weighted by atomic mass is 32.2. The molecule has 0 aliphatic heterocycles. The Morgan fingerprint density at radius 2 is 1.66 bits per heavy atom.